The van der Waals surface area contributed by atoms with E-state index in [9.17, 15) is 19.5 Å². The lowest BCUT2D eigenvalue weighted by atomic mass is 9.82. The van der Waals surface area contributed by atoms with Crippen LogP contribution in [0.4, 0.5) is 5.69 Å². The van der Waals surface area contributed by atoms with Gasteiger partial charge >= 0.3 is 5.97 Å². The van der Waals surface area contributed by atoms with Crippen LogP contribution >= 0.6 is 11.3 Å². The average Bonchev–Trinajstić information content (AvgIpc) is 3.20. The van der Waals surface area contributed by atoms with Crippen LogP contribution in [0.15, 0.2) is 6.07 Å². The quantitative estimate of drug-likeness (QED) is 0.611. The summed E-state index contributed by atoms with van der Waals surface area (Å²) in [7, 11) is 0. The van der Waals surface area contributed by atoms with Crippen LogP contribution in [0.3, 0.4) is 0 Å². The number of nitrogens with zero attached hydrogens (tertiary/aromatic N) is 2. The number of hydrogen-bond acceptors (Lipinski definition) is 4. The lowest BCUT2D eigenvalue weighted by Gasteiger charge is -2.33. The summed E-state index contributed by atoms with van der Waals surface area (Å²) in [5.74, 6) is 5.27. The highest BCUT2D eigenvalue weighted by Crippen LogP contribution is 2.35. The molecule has 0 bridgehead atoms. The summed E-state index contributed by atoms with van der Waals surface area (Å²) >= 11 is 1.07. The second-order valence-corrected chi connectivity index (χ2v) is 11.5. The first kappa shape index (κ1) is 25.3. The Morgan fingerprint density at radius 3 is 2.33 bits per heavy atom. The van der Waals surface area contributed by atoms with E-state index in [4.69, 9.17) is 0 Å². The summed E-state index contributed by atoms with van der Waals surface area (Å²) < 4.78 is 0. The molecule has 1 aromatic rings. The van der Waals surface area contributed by atoms with Gasteiger partial charge in [0.15, 0.2) is 0 Å². The number of carboxylic acids is 1. The average molecular weight is 473 g/mol. The number of anilines is 1. The zero-order valence-corrected chi connectivity index (χ0v) is 21.1. The maximum Gasteiger partial charge on any atom is 0.348 e. The number of aromatic carboxylic acids is 1. The van der Waals surface area contributed by atoms with E-state index < -0.39 is 5.97 Å². The number of hydrogen-bond donors (Lipinski definition) is 1. The van der Waals surface area contributed by atoms with Gasteiger partial charge in [-0.2, -0.15) is 0 Å². The standard InChI is InChI=1S/C26H36N2O4S/c1-18-8-10-19(11-9-18)24(30)28(17-22(29)27-14-6-5-7-15-27)21-16-20(12-13-26(2,3)4)33-23(21)25(31)32/h16,18-19H,5-11,14-15,17H2,1-4H3,(H,31,32)/t18-,19-. The Kier molecular flexibility index (Phi) is 8.23. The molecular weight excluding hydrogens is 436 g/mol. The summed E-state index contributed by atoms with van der Waals surface area (Å²) in [4.78, 5) is 42.8. The first-order chi connectivity index (χ1) is 15.5. The lowest BCUT2D eigenvalue weighted by Crippen LogP contribution is -2.47. The molecule has 0 spiro atoms. The van der Waals surface area contributed by atoms with Gasteiger partial charge in [0.25, 0.3) is 0 Å². The number of likely N-dealkylation sites (tertiary alicyclic amines) is 1. The molecule has 180 valence electrons. The molecule has 0 aromatic carbocycles. The molecule has 1 aliphatic carbocycles. The van der Waals surface area contributed by atoms with Crippen LogP contribution in [0.5, 0.6) is 0 Å². The smallest absolute Gasteiger partial charge is 0.348 e. The summed E-state index contributed by atoms with van der Waals surface area (Å²) in [6.45, 7) is 9.43. The molecule has 0 atom stereocenters. The fraction of sp³-hybridized carbons (Fsp3) is 0.654. The van der Waals surface area contributed by atoms with Gasteiger partial charge in [-0.05, 0) is 77.7 Å². The molecule has 3 rings (SSSR count). The number of thiophene rings is 1. The zero-order valence-electron chi connectivity index (χ0n) is 20.3. The molecule has 7 heteroatoms. The fourth-order valence-electron chi connectivity index (χ4n) is 4.43. The van der Waals surface area contributed by atoms with Crippen molar-refractivity contribution < 1.29 is 19.5 Å². The summed E-state index contributed by atoms with van der Waals surface area (Å²) in [6, 6.07) is 1.68. The predicted molar refractivity (Wildman–Crippen MR) is 132 cm³/mol. The molecule has 2 amide bonds. The lowest BCUT2D eigenvalue weighted by molar-refractivity contribution is -0.133. The van der Waals surface area contributed by atoms with E-state index in [0.29, 0.717) is 29.6 Å². The topological polar surface area (TPSA) is 77.9 Å². The molecule has 33 heavy (non-hydrogen) atoms. The zero-order chi connectivity index (χ0) is 24.2. The van der Waals surface area contributed by atoms with Crippen LogP contribution in [0.2, 0.25) is 0 Å². The SMILES string of the molecule is CC(C)(C)C#Cc1cc(N(CC(=O)N2CCCCC2)C(=O)[C@H]2CC[C@H](C)CC2)c(C(=O)O)s1. The second-order valence-electron chi connectivity index (χ2n) is 10.5. The number of amides is 2. The molecule has 1 aliphatic heterocycles. The van der Waals surface area contributed by atoms with Crippen molar-refractivity contribution in [2.45, 2.75) is 72.6 Å². The Labute approximate surface area is 201 Å². The maximum absolute atomic E-state index is 13.7. The highest BCUT2D eigenvalue weighted by Gasteiger charge is 2.34. The minimum absolute atomic E-state index is 0.0668. The number of piperidine rings is 1. The Morgan fingerprint density at radius 2 is 1.76 bits per heavy atom. The first-order valence-corrected chi connectivity index (χ1v) is 12.9. The van der Waals surface area contributed by atoms with Crippen LogP contribution in [0.25, 0.3) is 0 Å². The highest BCUT2D eigenvalue weighted by atomic mass is 32.1. The van der Waals surface area contributed by atoms with Gasteiger partial charge in [-0.3, -0.25) is 9.59 Å². The van der Waals surface area contributed by atoms with Crippen LogP contribution < -0.4 is 4.90 Å². The van der Waals surface area contributed by atoms with Gasteiger partial charge in [0.2, 0.25) is 11.8 Å². The Morgan fingerprint density at radius 1 is 1.12 bits per heavy atom. The van der Waals surface area contributed by atoms with Gasteiger partial charge in [0.05, 0.1) is 10.6 Å². The van der Waals surface area contributed by atoms with Crippen molar-refractivity contribution in [2.75, 3.05) is 24.5 Å². The van der Waals surface area contributed by atoms with Gasteiger partial charge in [-0.1, -0.05) is 18.8 Å². The highest BCUT2D eigenvalue weighted by molar-refractivity contribution is 7.15. The molecule has 2 aliphatic rings. The number of carbonyl (C=O) groups excluding carboxylic acids is 2. The Balaban J connectivity index is 1.95. The molecule has 0 unspecified atom stereocenters. The van der Waals surface area contributed by atoms with Crippen LogP contribution in [0, 0.1) is 29.1 Å². The van der Waals surface area contributed by atoms with Gasteiger partial charge in [0, 0.05) is 24.4 Å². The third-order valence-electron chi connectivity index (χ3n) is 6.39. The summed E-state index contributed by atoms with van der Waals surface area (Å²) in [6.07, 6.45) is 6.53. The molecule has 2 heterocycles. The van der Waals surface area contributed by atoms with Crippen LogP contribution in [-0.4, -0.2) is 47.4 Å². The van der Waals surface area contributed by atoms with Crippen molar-refractivity contribution >= 4 is 34.8 Å². The number of carboxylic acid groups (broad SMARTS) is 1. The summed E-state index contributed by atoms with van der Waals surface area (Å²) in [5.41, 5.74) is 0.0752. The molecule has 1 aromatic heterocycles. The number of rotatable bonds is 5. The molecule has 2 fully saturated rings. The monoisotopic (exact) mass is 472 g/mol. The van der Waals surface area contributed by atoms with Crippen molar-refractivity contribution in [1.29, 1.82) is 0 Å². The largest absolute Gasteiger partial charge is 0.477 e. The number of carbonyl (C=O) groups is 3. The molecule has 1 N–H and O–H groups in total. The molecular formula is C26H36N2O4S. The van der Waals surface area contributed by atoms with E-state index in [2.05, 4.69) is 18.8 Å². The third-order valence-corrected chi connectivity index (χ3v) is 7.42. The fourth-order valence-corrected chi connectivity index (χ4v) is 5.29. The van der Waals surface area contributed by atoms with Crippen molar-refractivity contribution in [3.63, 3.8) is 0 Å². The van der Waals surface area contributed by atoms with E-state index >= 15 is 0 Å². The molecule has 1 saturated carbocycles. The Hall–Kier alpha value is -2.33. The summed E-state index contributed by atoms with van der Waals surface area (Å²) in [5, 5.41) is 9.89. The van der Waals surface area contributed by atoms with Crippen molar-refractivity contribution in [2.24, 2.45) is 17.3 Å². The van der Waals surface area contributed by atoms with Crippen LogP contribution in [0.1, 0.15) is 87.2 Å². The first-order valence-electron chi connectivity index (χ1n) is 12.0. The van der Waals surface area contributed by atoms with Gasteiger partial charge in [-0.25, -0.2) is 4.79 Å². The normalized spacial score (nSPS) is 21.2. The molecule has 0 radical (unpaired) electrons. The van der Waals surface area contributed by atoms with E-state index in [1.807, 2.05) is 20.8 Å². The van der Waals surface area contributed by atoms with E-state index in [0.717, 1.165) is 56.3 Å². The van der Waals surface area contributed by atoms with E-state index in [-0.39, 0.29) is 34.6 Å². The van der Waals surface area contributed by atoms with Crippen molar-refractivity contribution in [3.8, 4) is 11.8 Å². The van der Waals surface area contributed by atoms with Gasteiger partial charge in [-0.15, -0.1) is 11.3 Å². The minimum atomic E-state index is -1.10. The van der Waals surface area contributed by atoms with E-state index in [1.54, 1.807) is 11.0 Å². The van der Waals surface area contributed by atoms with E-state index in [1.165, 1.54) is 4.90 Å². The second kappa shape index (κ2) is 10.7. The van der Waals surface area contributed by atoms with Crippen molar-refractivity contribution in [1.82, 2.24) is 4.90 Å². The predicted octanol–water partition coefficient (Wildman–Crippen LogP) is 5.02. The van der Waals surface area contributed by atoms with Crippen LogP contribution in [-0.2, 0) is 9.59 Å². The molecule has 1 saturated heterocycles. The molecule has 6 nitrogen and oxygen atoms in total. The Bertz CT molecular complexity index is 936. The van der Waals surface area contributed by atoms with Gasteiger partial charge in [0.1, 0.15) is 11.4 Å². The third kappa shape index (κ3) is 6.83. The van der Waals surface area contributed by atoms with Crippen molar-refractivity contribution in [3.05, 3.63) is 15.8 Å². The van der Waals surface area contributed by atoms with Gasteiger partial charge < -0.3 is 14.9 Å². The maximum atomic E-state index is 13.7. The minimum Gasteiger partial charge on any atom is -0.477 e.